The number of hydrogen-bond acceptors (Lipinski definition) is 6. The van der Waals surface area contributed by atoms with Gasteiger partial charge in [-0.05, 0) is 18.9 Å². The zero-order valence-electron chi connectivity index (χ0n) is 10.8. The first-order valence-electron chi connectivity index (χ1n) is 5.72. The number of ether oxygens (including phenoxy) is 2. The summed E-state index contributed by atoms with van der Waals surface area (Å²) in [6.45, 7) is 1.34. The van der Waals surface area contributed by atoms with Crippen molar-refractivity contribution in [1.82, 2.24) is 0 Å². The molecule has 1 aliphatic heterocycles. The van der Waals surface area contributed by atoms with Crippen LogP contribution >= 0.6 is 7.60 Å². The highest BCUT2D eigenvalue weighted by Gasteiger charge is 2.24. The van der Waals surface area contributed by atoms with Crippen LogP contribution in [0.3, 0.4) is 0 Å². The van der Waals surface area contributed by atoms with E-state index < -0.39 is 13.9 Å². The largest absolute Gasteiger partial charge is 0.436 e. The van der Waals surface area contributed by atoms with Crippen LogP contribution in [0.15, 0.2) is 11.9 Å². The molecule has 0 radical (unpaired) electrons. The topological polar surface area (TPSA) is 71.1 Å². The monoisotopic (exact) mass is 278 g/mol. The fourth-order valence-corrected chi connectivity index (χ4v) is 2.42. The Bertz CT molecular complexity index is 345. The van der Waals surface area contributed by atoms with E-state index in [2.05, 4.69) is 0 Å². The van der Waals surface area contributed by atoms with Crippen LogP contribution in [-0.2, 0) is 27.9 Å². The van der Waals surface area contributed by atoms with Gasteiger partial charge in [0.1, 0.15) is 0 Å². The molecule has 0 N–H and O–H groups in total. The summed E-state index contributed by atoms with van der Waals surface area (Å²) in [4.78, 5) is 10.8. The van der Waals surface area contributed by atoms with Crippen molar-refractivity contribution in [3.05, 3.63) is 11.9 Å². The van der Waals surface area contributed by atoms with E-state index in [0.29, 0.717) is 6.42 Å². The number of carbonyl (C=O) groups excluding carboxylic acids is 1. The Morgan fingerprint density at radius 1 is 1.33 bits per heavy atom. The summed E-state index contributed by atoms with van der Waals surface area (Å²) >= 11 is 0. The molecular formula is C11H19O6P. The minimum absolute atomic E-state index is 0.248. The molecule has 2 unspecified atom stereocenters. The molecule has 1 fully saturated rings. The van der Waals surface area contributed by atoms with Crippen LogP contribution in [0.4, 0.5) is 0 Å². The van der Waals surface area contributed by atoms with Crippen molar-refractivity contribution >= 4 is 13.6 Å². The molecule has 104 valence electrons. The molecule has 0 aromatic rings. The van der Waals surface area contributed by atoms with Crippen LogP contribution < -0.4 is 0 Å². The van der Waals surface area contributed by atoms with Crippen LogP contribution in [0.5, 0.6) is 0 Å². The minimum Gasteiger partial charge on any atom is -0.436 e. The van der Waals surface area contributed by atoms with Gasteiger partial charge in [-0.15, -0.1) is 0 Å². The van der Waals surface area contributed by atoms with Crippen molar-refractivity contribution in [2.75, 3.05) is 14.2 Å². The van der Waals surface area contributed by atoms with Crippen molar-refractivity contribution in [3.63, 3.8) is 0 Å². The van der Waals surface area contributed by atoms with Gasteiger partial charge in [0, 0.05) is 33.4 Å². The van der Waals surface area contributed by atoms with Gasteiger partial charge in [-0.2, -0.15) is 0 Å². The van der Waals surface area contributed by atoms with E-state index in [1.807, 2.05) is 0 Å². The molecule has 0 amide bonds. The predicted molar refractivity (Wildman–Crippen MR) is 65.0 cm³/mol. The molecule has 1 heterocycles. The van der Waals surface area contributed by atoms with Gasteiger partial charge in [0.05, 0.1) is 6.10 Å². The number of esters is 1. The van der Waals surface area contributed by atoms with Gasteiger partial charge in [0.25, 0.3) is 0 Å². The van der Waals surface area contributed by atoms with Gasteiger partial charge in [0.15, 0.2) is 0 Å². The molecule has 0 spiro atoms. The summed E-state index contributed by atoms with van der Waals surface area (Å²) in [6, 6.07) is 0. The minimum atomic E-state index is -3.16. The van der Waals surface area contributed by atoms with Gasteiger partial charge in [-0.3, -0.25) is 9.36 Å². The Kier molecular flexibility index (Phi) is 6.02. The number of hydrogen-bond donors (Lipinski definition) is 0. The van der Waals surface area contributed by atoms with E-state index in [1.165, 1.54) is 27.0 Å². The highest BCUT2D eigenvalue weighted by molar-refractivity contribution is 7.57. The second-order valence-corrected chi connectivity index (χ2v) is 6.00. The summed E-state index contributed by atoms with van der Waals surface area (Å²) in [6.07, 6.45) is 3.18. The highest BCUT2D eigenvalue weighted by atomic mass is 31.2. The molecule has 1 saturated heterocycles. The summed E-state index contributed by atoms with van der Waals surface area (Å²) < 4.78 is 31.8. The average molecular weight is 278 g/mol. The SMILES string of the molecule is COP(=O)(/C=C/C1CCCC(OC(C)=O)O1)OC. The summed E-state index contributed by atoms with van der Waals surface area (Å²) in [5.41, 5.74) is 0. The first-order chi connectivity index (χ1) is 8.49. The molecule has 18 heavy (non-hydrogen) atoms. The van der Waals surface area contributed by atoms with Crippen molar-refractivity contribution in [2.24, 2.45) is 0 Å². The molecule has 7 heteroatoms. The lowest BCUT2D eigenvalue weighted by molar-refractivity contribution is -0.193. The maximum atomic E-state index is 11.8. The summed E-state index contributed by atoms with van der Waals surface area (Å²) in [5, 5.41) is 0. The van der Waals surface area contributed by atoms with Gasteiger partial charge < -0.3 is 18.5 Å². The van der Waals surface area contributed by atoms with Crippen LogP contribution in [0.25, 0.3) is 0 Å². The van der Waals surface area contributed by atoms with Crippen LogP contribution in [0, 0.1) is 0 Å². The second kappa shape index (κ2) is 7.04. The third-order valence-electron chi connectivity index (χ3n) is 2.54. The smallest absolute Gasteiger partial charge is 0.353 e. The first kappa shape index (κ1) is 15.4. The van der Waals surface area contributed by atoms with Crippen molar-refractivity contribution < 1.29 is 27.9 Å². The van der Waals surface area contributed by atoms with Crippen molar-refractivity contribution in [3.8, 4) is 0 Å². The van der Waals surface area contributed by atoms with Crippen LogP contribution in [-0.4, -0.2) is 32.6 Å². The average Bonchev–Trinajstić information content (AvgIpc) is 2.36. The van der Waals surface area contributed by atoms with Crippen LogP contribution in [0.2, 0.25) is 0 Å². The van der Waals surface area contributed by atoms with E-state index >= 15 is 0 Å². The fourth-order valence-electron chi connectivity index (χ4n) is 1.63. The maximum absolute atomic E-state index is 11.8. The van der Waals surface area contributed by atoms with E-state index in [-0.39, 0.29) is 12.1 Å². The lowest BCUT2D eigenvalue weighted by Crippen LogP contribution is -2.29. The zero-order valence-corrected chi connectivity index (χ0v) is 11.7. The Morgan fingerprint density at radius 2 is 2.00 bits per heavy atom. The molecule has 1 aliphatic rings. The number of carbonyl (C=O) groups is 1. The Labute approximate surface area is 107 Å². The Morgan fingerprint density at radius 3 is 2.56 bits per heavy atom. The van der Waals surface area contributed by atoms with Crippen molar-refractivity contribution in [1.29, 1.82) is 0 Å². The van der Waals surface area contributed by atoms with Gasteiger partial charge in [-0.25, -0.2) is 0 Å². The zero-order chi connectivity index (χ0) is 13.6. The van der Waals surface area contributed by atoms with E-state index in [9.17, 15) is 9.36 Å². The van der Waals surface area contributed by atoms with Gasteiger partial charge in [-0.1, -0.05) is 0 Å². The Balaban J connectivity index is 2.54. The molecule has 0 bridgehead atoms. The molecule has 6 nitrogen and oxygen atoms in total. The number of rotatable bonds is 5. The van der Waals surface area contributed by atoms with Gasteiger partial charge >= 0.3 is 13.6 Å². The first-order valence-corrected chi connectivity index (χ1v) is 7.33. The third kappa shape index (κ3) is 4.90. The molecule has 0 aromatic heterocycles. The highest BCUT2D eigenvalue weighted by Crippen LogP contribution is 2.48. The lowest BCUT2D eigenvalue weighted by atomic mass is 10.1. The molecular weight excluding hydrogens is 259 g/mol. The molecule has 2 atom stereocenters. The maximum Gasteiger partial charge on any atom is 0.353 e. The quantitative estimate of drug-likeness (QED) is 0.568. The molecule has 0 aromatic carbocycles. The third-order valence-corrected chi connectivity index (χ3v) is 4.10. The second-order valence-electron chi connectivity index (χ2n) is 3.89. The lowest BCUT2D eigenvalue weighted by Gasteiger charge is -2.27. The van der Waals surface area contributed by atoms with Crippen LogP contribution in [0.1, 0.15) is 26.2 Å². The fraction of sp³-hybridized carbons (Fsp3) is 0.727. The van der Waals surface area contributed by atoms with E-state index in [1.54, 1.807) is 6.08 Å². The molecule has 0 saturated carbocycles. The standard InChI is InChI=1S/C11H19O6P/c1-9(12)16-11-6-4-5-10(17-11)7-8-18(13,14-2)15-3/h7-8,10-11H,4-6H2,1-3H3/b8-7+. The molecule has 1 rings (SSSR count). The Hall–Kier alpha value is -0.680. The normalized spacial score (nSPS) is 25.3. The summed E-state index contributed by atoms with van der Waals surface area (Å²) in [7, 11) is -0.528. The van der Waals surface area contributed by atoms with Crippen molar-refractivity contribution in [2.45, 2.75) is 38.6 Å². The molecule has 0 aliphatic carbocycles. The van der Waals surface area contributed by atoms with E-state index in [0.717, 1.165) is 12.8 Å². The predicted octanol–water partition coefficient (Wildman–Crippen LogP) is 2.44. The van der Waals surface area contributed by atoms with E-state index in [4.69, 9.17) is 18.5 Å². The van der Waals surface area contributed by atoms with Gasteiger partial charge in [0.2, 0.25) is 6.29 Å². The summed E-state index contributed by atoms with van der Waals surface area (Å²) in [5.74, 6) is 0.998.